The van der Waals surface area contributed by atoms with Crippen LogP contribution in [0.4, 0.5) is 0 Å². The molecule has 24 heavy (non-hydrogen) atoms. The smallest absolute Gasteiger partial charge is 0.119 e. The van der Waals surface area contributed by atoms with E-state index >= 15 is 0 Å². The van der Waals surface area contributed by atoms with Crippen LogP contribution in [0, 0.1) is 5.92 Å². The zero-order chi connectivity index (χ0) is 17.6. The summed E-state index contributed by atoms with van der Waals surface area (Å²) in [4.78, 5) is 4.94. The molecule has 0 fully saturated rings. The largest absolute Gasteiger partial charge is 0.494 e. The summed E-state index contributed by atoms with van der Waals surface area (Å²) in [5.41, 5.74) is 2.05. The molecule has 0 bridgehead atoms. The number of rotatable bonds is 13. The summed E-state index contributed by atoms with van der Waals surface area (Å²) in [6.07, 6.45) is 10.6. The lowest BCUT2D eigenvalue weighted by molar-refractivity contribution is 0.212. The van der Waals surface area contributed by atoms with E-state index in [-0.39, 0.29) is 0 Å². The number of nitrogens with zero attached hydrogens (tertiary/aromatic N) is 1. The third-order valence-corrected chi connectivity index (χ3v) is 4.15. The number of unbranched alkanes of at least 4 members (excludes halogenated alkanes) is 7. The second-order valence-corrected chi connectivity index (χ2v) is 6.66. The summed E-state index contributed by atoms with van der Waals surface area (Å²) in [5.74, 6) is 1.26. The van der Waals surface area contributed by atoms with Gasteiger partial charge in [-0.1, -0.05) is 70.9 Å². The van der Waals surface area contributed by atoms with Gasteiger partial charge >= 0.3 is 0 Å². The molecule has 0 aliphatic rings. The summed E-state index contributed by atoms with van der Waals surface area (Å²) >= 11 is 0. The van der Waals surface area contributed by atoms with Crippen molar-refractivity contribution in [3.05, 3.63) is 29.8 Å². The zero-order valence-electron chi connectivity index (χ0n) is 16.0. The molecule has 1 rings (SSSR count). The fourth-order valence-electron chi connectivity index (χ4n) is 2.74. The molecule has 0 aromatic heterocycles. The maximum Gasteiger partial charge on any atom is 0.119 e. The van der Waals surface area contributed by atoms with E-state index in [1.54, 1.807) is 7.11 Å². The Morgan fingerprint density at radius 3 is 2.04 bits per heavy atom. The van der Waals surface area contributed by atoms with Gasteiger partial charge in [0, 0.05) is 0 Å². The Bertz CT molecular complexity index is 451. The van der Waals surface area contributed by atoms with Gasteiger partial charge in [0.15, 0.2) is 0 Å². The Hall–Kier alpha value is -1.51. The summed E-state index contributed by atoms with van der Waals surface area (Å²) in [7, 11) is 1.59. The van der Waals surface area contributed by atoms with Gasteiger partial charge in [0.05, 0.1) is 12.3 Å². The third-order valence-electron chi connectivity index (χ3n) is 4.15. The molecule has 0 saturated carbocycles. The average molecular weight is 334 g/mol. The van der Waals surface area contributed by atoms with Crippen LogP contribution in [0.2, 0.25) is 0 Å². The van der Waals surface area contributed by atoms with Gasteiger partial charge in [-0.05, 0) is 42.2 Å². The minimum atomic E-state index is 0.328. The first kappa shape index (κ1) is 20.5. The topological polar surface area (TPSA) is 30.8 Å². The third kappa shape index (κ3) is 8.37. The van der Waals surface area contributed by atoms with Gasteiger partial charge in [0.25, 0.3) is 0 Å². The Labute approximate surface area is 148 Å². The molecule has 0 heterocycles. The highest BCUT2D eigenvalue weighted by molar-refractivity contribution is 6.01. The maximum atomic E-state index is 5.84. The molecule has 0 N–H and O–H groups in total. The van der Waals surface area contributed by atoms with Crippen LogP contribution in [0.15, 0.2) is 29.4 Å². The fourth-order valence-corrected chi connectivity index (χ4v) is 2.74. The van der Waals surface area contributed by atoms with Crippen molar-refractivity contribution in [1.82, 2.24) is 0 Å². The second-order valence-electron chi connectivity index (χ2n) is 6.66. The van der Waals surface area contributed by atoms with Crippen molar-refractivity contribution in [3.63, 3.8) is 0 Å². The number of oxime groups is 1. The number of benzene rings is 1. The van der Waals surface area contributed by atoms with Crippen molar-refractivity contribution in [2.24, 2.45) is 11.1 Å². The van der Waals surface area contributed by atoms with Crippen LogP contribution in [-0.2, 0) is 4.84 Å². The van der Waals surface area contributed by atoms with Crippen molar-refractivity contribution in [3.8, 4) is 5.75 Å². The van der Waals surface area contributed by atoms with Crippen LogP contribution >= 0.6 is 0 Å². The van der Waals surface area contributed by atoms with E-state index in [1.165, 1.54) is 44.9 Å². The number of hydrogen-bond acceptors (Lipinski definition) is 3. The molecule has 0 aliphatic carbocycles. The minimum Gasteiger partial charge on any atom is -0.494 e. The molecule has 3 heteroatoms. The standard InChI is InChI=1S/C21H35NO2/c1-5-6-7-8-9-10-11-12-17-24-20-15-13-19(14-16-20)21(18(2)3)22-23-4/h13-16,18H,5-12,17H2,1-4H3/b22-21+. The molecule has 0 amide bonds. The second kappa shape index (κ2) is 12.9. The molecule has 0 radical (unpaired) electrons. The van der Waals surface area contributed by atoms with Crippen LogP contribution in [-0.4, -0.2) is 19.4 Å². The summed E-state index contributed by atoms with van der Waals surface area (Å²) < 4.78 is 5.84. The van der Waals surface area contributed by atoms with E-state index < -0.39 is 0 Å². The van der Waals surface area contributed by atoms with Gasteiger partial charge in [-0.15, -0.1) is 0 Å². The molecule has 0 spiro atoms. The Morgan fingerprint density at radius 2 is 1.50 bits per heavy atom. The normalized spacial score (nSPS) is 11.8. The molecule has 1 aromatic rings. The Balaban J connectivity index is 2.24. The summed E-state index contributed by atoms with van der Waals surface area (Å²) in [6, 6.07) is 8.16. The van der Waals surface area contributed by atoms with E-state index in [2.05, 4.69) is 38.1 Å². The minimum absolute atomic E-state index is 0.328. The first-order valence-electron chi connectivity index (χ1n) is 9.53. The van der Waals surface area contributed by atoms with Crippen LogP contribution in [0.3, 0.4) is 0 Å². The van der Waals surface area contributed by atoms with E-state index in [4.69, 9.17) is 9.57 Å². The SMILES string of the molecule is CCCCCCCCCCOc1ccc(/C(=N/OC)C(C)C)cc1. The van der Waals surface area contributed by atoms with Gasteiger partial charge in [-0.3, -0.25) is 0 Å². The highest BCUT2D eigenvalue weighted by Gasteiger charge is 2.09. The van der Waals surface area contributed by atoms with Gasteiger partial charge < -0.3 is 9.57 Å². The van der Waals surface area contributed by atoms with Crippen molar-refractivity contribution >= 4 is 5.71 Å². The van der Waals surface area contributed by atoms with E-state index in [9.17, 15) is 0 Å². The lowest BCUT2D eigenvalue weighted by Gasteiger charge is -2.11. The van der Waals surface area contributed by atoms with E-state index in [1.807, 2.05) is 12.1 Å². The number of ether oxygens (including phenoxy) is 1. The highest BCUT2D eigenvalue weighted by atomic mass is 16.6. The lowest BCUT2D eigenvalue weighted by atomic mass is 10.0. The number of hydrogen-bond donors (Lipinski definition) is 0. The first-order valence-corrected chi connectivity index (χ1v) is 9.53. The Kier molecular flexibility index (Phi) is 11.0. The van der Waals surface area contributed by atoms with Crippen LogP contribution < -0.4 is 4.74 Å². The van der Waals surface area contributed by atoms with E-state index in [0.717, 1.165) is 30.1 Å². The van der Waals surface area contributed by atoms with Crippen LogP contribution in [0.5, 0.6) is 5.75 Å². The van der Waals surface area contributed by atoms with Gasteiger partial charge in [0.2, 0.25) is 0 Å². The highest BCUT2D eigenvalue weighted by Crippen LogP contribution is 2.17. The molecule has 0 atom stereocenters. The van der Waals surface area contributed by atoms with Crippen molar-refractivity contribution in [2.45, 2.75) is 72.1 Å². The maximum absolute atomic E-state index is 5.84. The Morgan fingerprint density at radius 1 is 0.917 bits per heavy atom. The van der Waals surface area contributed by atoms with Gasteiger partial charge in [-0.25, -0.2) is 0 Å². The molecule has 0 saturated heterocycles. The van der Waals surface area contributed by atoms with Crippen molar-refractivity contribution in [1.29, 1.82) is 0 Å². The molecular weight excluding hydrogens is 298 g/mol. The summed E-state index contributed by atoms with van der Waals surface area (Å²) in [5, 5.41) is 4.12. The molecule has 1 aromatic carbocycles. The predicted molar refractivity (Wildman–Crippen MR) is 103 cm³/mol. The molecule has 3 nitrogen and oxygen atoms in total. The average Bonchev–Trinajstić information content (AvgIpc) is 2.58. The molecular formula is C21H35NO2. The van der Waals surface area contributed by atoms with Crippen molar-refractivity contribution in [2.75, 3.05) is 13.7 Å². The zero-order valence-corrected chi connectivity index (χ0v) is 16.0. The van der Waals surface area contributed by atoms with Crippen LogP contribution in [0.1, 0.15) is 77.7 Å². The quantitative estimate of drug-likeness (QED) is 0.244. The monoisotopic (exact) mass is 333 g/mol. The lowest BCUT2D eigenvalue weighted by Crippen LogP contribution is -2.09. The first-order chi connectivity index (χ1) is 11.7. The van der Waals surface area contributed by atoms with E-state index in [0.29, 0.717) is 5.92 Å². The molecule has 0 unspecified atom stereocenters. The summed E-state index contributed by atoms with van der Waals surface area (Å²) in [6.45, 7) is 7.30. The molecule has 0 aliphatic heterocycles. The fraction of sp³-hybridized carbons (Fsp3) is 0.667. The molecule has 136 valence electrons. The van der Waals surface area contributed by atoms with Crippen LogP contribution in [0.25, 0.3) is 0 Å². The predicted octanol–water partition coefficient (Wildman–Crippen LogP) is 6.21. The van der Waals surface area contributed by atoms with Crippen molar-refractivity contribution < 1.29 is 9.57 Å². The van der Waals surface area contributed by atoms with Gasteiger partial charge in [-0.2, -0.15) is 0 Å². The van der Waals surface area contributed by atoms with Gasteiger partial charge in [0.1, 0.15) is 12.9 Å².